The molecule has 0 aliphatic carbocycles. The van der Waals surface area contributed by atoms with Crippen LogP contribution >= 0.6 is 0 Å². The number of nitrogens with one attached hydrogen (secondary N) is 1. The fourth-order valence-electron chi connectivity index (χ4n) is 3.88. The van der Waals surface area contributed by atoms with Crippen LogP contribution in [0.15, 0.2) is 82.2 Å². The number of anilines is 1. The van der Waals surface area contributed by atoms with Gasteiger partial charge in [-0.05, 0) is 65.8 Å². The van der Waals surface area contributed by atoms with E-state index in [1.807, 2.05) is 48.5 Å². The van der Waals surface area contributed by atoms with E-state index >= 15 is 0 Å². The molecule has 0 spiro atoms. The Hall–Kier alpha value is -4.06. The smallest absolute Gasteiger partial charge is 0.262 e. The van der Waals surface area contributed by atoms with Crippen molar-refractivity contribution in [2.24, 2.45) is 0 Å². The van der Waals surface area contributed by atoms with E-state index in [4.69, 9.17) is 13.9 Å². The van der Waals surface area contributed by atoms with E-state index in [2.05, 4.69) is 33.0 Å². The number of carbonyl (C=O) groups is 1. The Bertz CT molecular complexity index is 1410. The standard InChI is InChI=1S/C31H33NO5/c1-5-6-7-21-8-12-23(13-9-21)32-29(33)20-35-25-16-17-26-27(18-25)36-19-28(30(26)34)37-24-14-10-22(11-15-24)31(2,3)4/h8-19H,5-7,20H2,1-4H3,(H,32,33). The first-order valence-electron chi connectivity index (χ1n) is 12.6. The van der Waals surface area contributed by atoms with Crippen molar-refractivity contribution in [1.82, 2.24) is 0 Å². The maximum absolute atomic E-state index is 12.9. The summed E-state index contributed by atoms with van der Waals surface area (Å²) >= 11 is 0. The van der Waals surface area contributed by atoms with Gasteiger partial charge in [0.15, 0.2) is 6.61 Å². The third-order valence-electron chi connectivity index (χ3n) is 6.09. The Kier molecular flexibility index (Phi) is 7.97. The maximum atomic E-state index is 12.9. The zero-order valence-electron chi connectivity index (χ0n) is 21.8. The average Bonchev–Trinajstić information content (AvgIpc) is 2.88. The maximum Gasteiger partial charge on any atom is 0.262 e. The molecule has 0 unspecified atom stereocenters. The largest absolute Gasteiger partial charge is 0.484 e. The molecule has 3 aromatic carbocycles. The van der Waals surface area contributed by atoms with E-state index in [1.54, 1.807) is 18.2 Å². The molecule has 0 radical (unpaired) electrons. The Labute approximate surface area is 217 Å². The fraction of sp³-hybridized carbons (Fsp3) is 0.290. The van der Waals surface area contributed by atoms with Crippen molar-refractivity contribution < 1.29 is 18.7 Å². The number of hydrogen-bond acceptors (Lipinski definition) is 5. The number of aryl methyl sites for hydroxylation is 1. The van der Waals surface area contributed by atoms with Gasteiger partial charge in [-0.3, -0.25) is 9.59 Å². The quantitative estimate of drug-likeness (QED) is 0.263. The van der Waals surface area contributed by atoms with Crippen LogP contribution in [0.5, 0.6) is 17.2 Å². The minimum Gasteiger partial charge on any atom is -0.484 e. The van der Waals surface area contributed by atoms with Crippen molar-refractivity contribution in [1.29, 1.82) is 0 Å². The summed E-state index contributed by atoms with van der Waals surface area (Å²) in [5.41, 5.74) is 3.24. The summed E-state index contributed by atoms with van der Waals surface area (Å²) in [4.78, 5) is 25.3. The van der Waals surface area contributed by atoms with E-state index in [1.165, 1.54) is 17.4 Å². The molecular weight excluding hydrogens is 466 g/mol. The number of fused-ring (bicyclic) bond motifs is 1. The monoisotopic (exact) mass is 499 g/mol. The van der Waals surface area contributed by atoms with Crippen molar-refractivity contribution in [2.45, 2.75) is 52.4 Å². The Balaban J connectivity index is 1.37. The van der Waals surface area contributed by atoms with Gasteiger partial charge in [0.1, 0.15) is 23.3 Å². The number of ether oxygens (including phenoxy) is 2. The number of hydrogen-bond donors (Lipinski definition) is 1. The highest BCUT2D eigenvalue weighted by Crippen LogP contribution is 2.27. The van der Waals surface area contributed by atoms with E-state index in [0.717, 1.165) is 24.9 Å². The SMILES string of the molecule is CCCCc1ccc(NC(=O)COc2ccc3c(=O)c(Oc4ccc(C(C)(C)C)cc4)coc3c2)cc1. The highest BCUT2D eigenvalue weighted by Gasteiger charge is 2.15. The van der Waals surface area contributed by atoms with Gasteiger partial charge in [0.05, 0.1) is 5.39 Å². The summed E-state index contributed by atoms with van der Waals surface area (Å²) in [6.45, 7) is 8.41. The van der Waals surface area contributed by atoms with Gasteiger partial charge in [-0.1, -0.05) is 58.4 Å². The van der Waals surface area contributed by atoms with Crippen LogP contribution in [-0.2, 0) is 16.6 Å². The van der Waals surface area contributed by atoms with Gasteiger partial charge in [-0.15, -0.1) is 0 Å². The van der Waals surface area contributed by atoms with Crippen molar-refractivity contribution in [3.63, 3.8) is 0 Å². The zero-order valence-corrected chi connectivity index (χ0v) is 21.8. The van der Waals surface area contributed by atoms with Crippen LogP contribution in [-0.4, -0.2) is 12.5 Å². The molecule has 1 aromatic heterocycles. The van der Waals surface area contributed by atoms with Gasteiger partial charge in [0, 0.05) is 11.8 Å². The summed E-state index contributed by atoms with van der Waals surface area (Å²) in [7, 11) is 0. The second kappa shape index (κ2) is 11.3. The molecule has 0 saturated carbocycles. The Morgan fingerprint density at radius 1 is 0.946 bits per heavy atom. The average molecular weight is 500 g/mol. The minimum atomic E-state index is -0.284. The zero-order chi connectivity index (χ0) is 26.4. The third kappa shape index (κ3) is 6.79. The molecule has 1 heterocycles. The first kappa shape index (κ1) is 26.0. The molecule has 0 aliphatic heterocycles. The third-order valence-corrected chi connectivity index (χ3v) is 6.09. The van der Waals surface area contributed by atoms with Gasteiger partial charge >= 0.3 is 0 Å². The predicted octanol–water partition coefficient (Wildman–Crippen LogP) is 7.24. The number of benzene rings is 3. The second-order valence-electron chi connectivity index (χ2n) is 10.1. The first-order valence-corrected chi connectivity index (χ1v) is 12.6. The van der Waals surface area contributed by atoms with Crippen LogP contribution in [0.1, 0.15) is 51.7 Å². The Morgan fingerprint density at radius 2 is 1.65 bits per heavy atom. The van der Waals surface area contributed by atoms with Crippen LogP contribution in [0.3, 0.4) is 0 Å². The lowest BCUT2D eigenvalue weighted by Gasteiger charge is -2.19. The molecule has 0 saturated heterocycles. The van der Waals surface area contributed by atoms with Gasteiger partial charge in [0.2, 0.25) is 11.2 Å². The second-order valence-corrected chi connectivity index (χ2v) is 10.1. The predicted molar refractivity (Wildman–Crippen MR) is 147 cm³/mol. The molecule has 6 heteroatoms. The lowest BCUT2D eigenvalue weighted by Crippen LogP contribution is -2.20. The van der Waals surface area contributed by atoms with Crippen LogP contribution in [0.2, 0.25) is 0 Å². The topological polar surface area (TPSA) is 77.8 Å². The summed E-state index contributed by atoms with van der Waals surface area (Å²) in [6.07, 6.45) is 4.62. The molecule has 0 aliphatic rings. The molecule has 6 nitrogen and oxygen atoms in total. The van der Waals surface area contributed by atoms with Crippen molar-refractivity contribution in [2.75, 3.05) is 11.9 Å². The highest BCUT2D eigenvalue weighted by molar-refractivity contribution is 5.92. The first-order chi connectivity index (χ1) is 17.7. The normalized spacial score (nSPS) is 11.4. The number of unbranched alkanes of at least 4 members (excludes halogenated alkanes) is 1. The number of amides is 1. The molecule has 4 aromatic rings. The molecule has 1 amide bonds. The lowest BCUT2D eigenvalue weighted by atomic mass is 9.87. The summed E-state index contributed by atoms with van der Waals surface area (Å²) in [5.74, 6) is 0.808. The van der Waals surface area contributed by atoms with Crippen LogP contribution in [0.25, 0.3) is 11.0 Å². The molecule has 0 bridgehead atoms. The molecular formula is C31H33NO5. The molecule has 0 fully saturated rings. The molecule has 0 atom stereocenters. The number of rotatable bonds is 9. The summed E-state index contributed by atoms with van der Waals surface area (Å²) in [5, 5.41) is 3.19. The Morgan fingerprint density at radius 3 is 2.32 bits per heavy atom. The summed E-state index contributed by atoms with van der Waals surface area (Å²) in [6, 6.07) is 20.3. The lowest BCUT2D eigenvalue weighted by molar-refractivity contribution is -0.118. The van der Waals surface area contributed by atoms with E-state index in [-0.39, 0.29) is 29.1 Å². The van der Waals surface area contributed by atoms with Crippen LogP contribution in [0.4, 0.5) is 5.69 Å². The van der Waals surface area contributed by atoms with Crippen molar-refractivity contribution in [3.05, 3.63) is 94.3 Å². The molecule has 1 N–H and O–H groups in total. The van der Waals surface area contributed by atoms with Crippen LogP contribution in [0, 0.1) is 0 Å². The van der Waals surface area contributed by atoms with Crippen molar-refractivity contribution in [3.8, 4) is 17.2 Å². The highest BCUT2D eigenvalue weighted by atomic mass is 16.5. The fourth-order valence-corrected chi connectivity index (χ4v) is 3.88. The van der Waals surface area contributed by atoms with E-state index in [0.29, 0.717) is 22.5 Å². The molecule has 4 rings (SSSR count). The van der Waals surface area contributed by atoms with Gasteiger partial charge in [0.25, 0.3) is 5.91 Å². The molecule has 192 valence electrons. The van der Waals surface area contributed by atoms with E-state index < -0.39 is 0 Å². The van der Waals surface area contributed by atoms with Crippen molar-refractivity contribution >= 4 is 22.6 Å². The van der Waals surface area contributed by atoms with Gasteiger partial charge in [-0.25, -0.2) is 0 Å². The number of carbonyl (C=O) groups excluding carboxylic acids is 1. The van der Waals surface area contributed by atoms with Gasteiger partial charge in [-0.2, -0.15) is 0 Å². The van der Waals surface area contributed by atoms with Crippen LogP contribution < -0.4 is 20.2 Å². The van der Waals surface area contributed by atoms with Gasteiger partial charge < -0.3 is 19.2 Å². The minimum absolute atomic E-state index is 0.0282. The summed E-state index contributed by atoms with van der Waals surface area (Å²) < 4.78 is 17.1. The molecule has 37 heavy (non-hydrogen) atoms. The van der Waals surface area contributed by atoms with E-state index in [9.17, 15) is 9.59 Å².